The number of fused-ring (bicyclic) bond motifs is 1. The number of hydrogen-bond acceptors (Lipinski definition) is 5. The van der Waals surface area contributed by atoms with Gasteiger partial charge in [0, 0.05) is 11.1 Å². The first-order valence-electron chi connectivity index (χ1n) is 8.39. The standard InChI is InChI=1S/C21H17N3O4/c1-28-21(27)16-11-9-14(10-12-16)13-22-24-20(26)19(25)23-18-8-4-6-15-5-2-3-7-17(15)18/h2-13H,1H3,(H,23,25)(H,24,26)/b22-13-. The molecule has 140 valence electrons. The Morgan fingerprint density at radius 3 is 2.36 bits per heavy atom. The Morgan fingerprint density at radius 1 is 0.893 bits per heavy atom. The number of amides is 2. The van der Waals surface area contributed by atoms with Gasteiger partial charge in [-0.1, -0.05) is 48.5 Å². The van der Waals surface area contributed by atoms with Crippen molar-refractivity contribution in [3.05, 3.63) is 77.9 Å². The molecule has 0 aliphatic rings. The molecule has 3 aromatic carbocycles. The zero-order chi connectivity index (χ0) is 19.9. The van der Waals surface area contributed by atoms with Crippen molar-refractivity contribution in [2.45, 2.75) is 0 Å². The van der Waals surface area contributed by atoms with E-state index in [4.69, 9.17) is 0 Å². The fourth-order valence-electron chi connectivity index (χ4n) is 2.55. The number of nitrogens with zero attached hydrogens (tertiary/aromatic N) is 1. The van der Waals surface area contributed by atoms with Crippen molar-refractivity contribution < 1.29 is 19.1 Å². The number of esters is 1. The van der Waals surface area contributed by atoms with Crippen molar-refractivity contribution in [2.24, 2.45) is 5.10 Å². The minimum Gasteiger partial charge on any atom is -0.465 e. The second-order valence-electron chi connectivity index (χ2n) is 5.79. The zero-order valence-electron chi connectivity index (χ0n) is 15.0. The van der Waals surface area contributed by atoms with E-state index in [0.29, 0.717) is 16.8 Å². The van der Waals surface area contributed by atoms with E-state index in [1.54, 1.807) is 36.4 Å². The highest BCUT2D eigenvalue weighted by molar-refractivity contribution is 6.40. The molecule has 2 amide bonds. The molecule has 0 fully saturated rings. The summed E-state index contributed by atoms with van der Waals surface area (Å²) in [7, 11) is 1.30. The number of ether oxygens (including phenoxy) is 1. The van der Waals surface area contributed by atoms with Crippen LogP contribution in [0.2, 0.25) is 0 Å². The molecule has 3 rings (SSSR count). The van der Waals surface area contributed by atoms with E-state index in [9.17, 15) is 14.4 Å². The highest BCUT2D eigenvalue weighted by Gasteiger charge is 2.14. The van der Waals surface area contributed by atoms with Gasteiger partial charge in [-0.3, -0.25) is 9.59 Å². The van der Waals surface area contributed by atoms with Crippen LogP contribution in [0, 0.1) is 0 Å². The van der Waals surface area contributed by atoms with E-state index in [1.165, 1.54) is 13.3 Å². The van der Waals surface area contributed by atoms with Gasteiger partial charge in [0.2, 0.25) is 0 Å². The van der Waals surface area contributed by atoms with Crippen LogP contribution in [0.25, 0.3) is 10.8 Å². The maximum Gasteiger partial charge on any atom is 0.337 e. The molecule has 0 aliphatic carbocycles. The molecule has 7 nitrogen and oxygen atoms in total. The number of rotatable bonds is 4. The molecule has 0 radical (unpaired) electrons. The number of nitrogens with one attached hydrogen (secondary N) is 2. The number of hydrazone groups is 1. The van der Waals surface area contributed by atoms with E-state index < -0.39 is 17.8 Å². The Morgan fingerprint density at radius 2 is 1.61 bits per heavy atom. The second kappa shape index (κ2) is 8.59. The molecule has 3 aromatic rings. The summed E-state index contributed by atoms with van der Waals surface area (Å²) >= 11 is 0. The third kappa shape index (κ3) is 4.39. The average Bonchev–Trinajstić information content (AvgIpc) is 2.73. The van der Waals surface area contributed by atoms with E-state index in [0.717, 1.165) is 10.8 Å². The molecule has 0 saturated heterocycles. The van der Waals surface area contributed by atoms with Gasteiger partial charge in [0.25, 0.3) is 0 Å². The molecule has 0 saturated carbocycles. The summed E-state index contributed by atoms with van der Waals surface area (Å²) in [6, 6.07) is 19.4. The van der Waals surface area contributed by atoms with Crippen LogP contribution in [-0.4, -0.2) is 31.1 Å². The molecule has 0 unspecified atom stereocenters. The maximum atomic E-state index is 12.1. The third-order valence-electron chi connectivity index (χ3n) is 3.96. The molecular weight excluding hydrogens is 358 g/mol. The van der Waals surface area contributed by atoms with Gasteiger partial charge >= 0.3 is 17.8 Å². The van der Waals surface area contributed by atoms with Gasteiger partial charge in [-0.25, -0.2) is 10.2 Å². The Hall–Kier alpha value is -4.00. The number of carbonyl (C=O) groups is 3. The second-order valence-corrected chi connectivity index (χ2v) is 5.79. The van der Waals surface area contributed by atoms with Crippen LogP contribution in [0.15, 0.2) is 71.8 Å². The monoisotopic (exact) mass is 375 g/mol. The summed E-state index contributed by atoms with van der Waals surface area (Å²) < 4.78 is 4.62. The normalized spacial score (nSPS) is 10.6. The van der Waals surface area contributed by atoms with Gasteiger partial charge in [-0.05, 0) is 29.1 Å². The van der Waals surface area contributed by atoms with E-state index in [2.05, 4.69) is 20.6 Å². The van der Waals surface area contributed by atoms with Gasteiger partial charge in [0.05, 0.1) is 18.9 Å². The Kier molecular flexibility index (Phi) is 5.76. The van der Waals surface area contributed by atoms with Crippen molar-refractivity contribution in [2.75, 3.05) is 12.4 Å². The number of carbonyl (C=O) groups excluding carboxylic acids is 3. The van der Waals surface area contributed by atoms with Crippen LogP contribution in [0.3, 0.4) is 0 Å². The smallest absolute Gasteiger partial charge is 0.337 e. The van der Waals surface area contributed by atoms with Crippen molar-refractivity contribution in [1.82, 2.24) is 5.43 Å². The topological polar surface area (TPSA) is 96.9 Å². The molecule has 0 bridgehead atoms. The lowest BCUT2D eigenvalue weighted by Gasteiger charge is -2.07. The summed E-state index contributed by atoms with van der Waals surface area (Å²) in [6.45, 7) is 0. The highest BCUT2D eigenvalue weighted by atomic mass is 16.5. The van der Waals surface area contributed by atoms with Crippen molar-refractivity contribution in [3.8, 4) is 0 Å². The van der Waals surface area contributed by atoms with Crippen LogP contribution in [0.5, 0.6) is 0 Å². The van der Waals surface area contributed by atoms with Gasteiger partial charge < -0.3 is 10.1 Å². The largest absolute Gasteiger partial charge is 0.465 e. The Bertz CT molecular complexity index is 1050. The lowest BCUT2D eigenvalue weighted by Crippen LogP contribution is -2.32. The van der Waals surface area contributed by atoms with E-state index >= 15 is 0 Å². The highest BCUT2D eigenvalue weighted by Crippen LogP contribution is 2.22. The Labute approximate surface area is 161 Å². The molecule has 0 spiro atoms. The summed E-state index contributed by atoms with van der Waals surface area (Å²) in [5.41, 5.74) is 3.76. The quantitative estimate of drug-likeness (QED) is 0.317. The van der Waals surface area contributed by atoms with Crippen molar-refractivity contribution >= 4 is 40.5 Å². The Balaban J connectivity index is 1.60. The third-order valence-corrected chi connectivity index (χ3v) is 3.96. The molecule has 28 heavy (non-hydrogen) atoms. The molecule has 0 atom stereocenters. The van der Waals surface area contributed by atoms with Gasteiger partial charge in [0.1, 0.15) is 0 Å². The van der Waals surface area contributed by atoms with Crippen LogP contribution in [-0.2, 0) is 14.3 Å². The first kappa shape index (κ1) is 18.8. The van der Waals surface area contributed by atoms with Gasteiger partial charge in [-0.2, -0.15) is 5.10 Å². The fraction of sp³-hybridized carbons (Fsp3) is 0.0476. The number of methoxy groups -OCH3 is 1. The summed E-state index contributed by atoms with van der Waals surface area (Å²) in [6.07, 6.45) is 1.37. The molecule has 2 N–H and O–H groups in total. The summed E-state index contributed by atoms with van der Waals surface area (Å²) in [5.74, 6) is -2.16. The SMILES string of the molecule is COC(=O)c1ccc(/C=N\NC(=O)C(=O)Nc2cccc3ccccc23)cc1. The molecule has 0 heterocycles. The summed E-state index contributed by atoms with van der Waals surface area (Å²) in [5, 5.41) is 8.13. The van der Waals surface area contributed by atoms with Crippen LogP contribution >= 0.6 is 0 Å². The summed E-state index contributed by atoms with van der Waals surface area (Å²) in [4.78, 5) is 35.4. The maximum absolute atomic E-state index is 12.1. The first-order valence-corrected chi connectivity index (χ1v) is 8.39. The van der Waals surface area contributed by atoms with Crippen LogP contribution < -0.4 is 10.7 Å². The number of hydrogen-bond donors (Lipinski definition) is 2. The molecule has 0 aliphatic heterocycles. The molecular formula is C21H17N3O4. The molecule has 7 heteroatoms. The first-order chi connectivity index (χ1) is 13.6. The number of benzene rings is 3. The minimum absolute atomic E-state index is 0.401. The number of anilines is 1. The van der Waals surface area contributed by atoms with E-state index in [1.807, 2.05) is 30.3 Å². The van der Waals surface area contributed by atoms with Crippen LogP contribution in [0.1, 0.15) is 15.9 Å². The lowest BCUT2D eigenvalue weighted by molar-refractivity contribution is -0.136. The zero-order valence-corrected chi connectivity index (χ0v) is 15.0. The van der Waals surface area contributed by atoms with Crippen LogP contribution in [0.4, 0.5) is 5.69 Å². The predicted octanol–water partition coefficient (Wildman–Crippen LogP) is 2.72. The van der Waals surface area contributed by atoms with E-state index in [-0.39, 0.29) is 0 Å². The van der Waals surface area contributed by atoms with Gasteiger partial charge in [0.15, 0.2) is 0 Å². The fourth-order valence-corrected chi connectivity index (χ4v) is 2.55. The van der Waals surface area contributed by atoms with Crippen molar-refractivity contribution in [1.29, 1.82) is 0 Å². The van der Waals surface area contributed by atoms with Crippen molar-refractivity contribution in [3.63, 3.8) is 0 Å². The minimum atomic E-state index is -0.893. The molecule has 0 aromatic heterocycles. The lowest BCUT2D eigenvalue weighted by atomic mass is 10.1. The van der Waals surface area contributed by atoms with Gasteiger partial charge in [-0.15, -0.1) is 0 Å². The average molecular weight is 375 g/mol. The predicted molar refractivity (Wildman–Crippen MR) is 106 cm³/mol.